The van der Waals surface area contributed by atoms with Crippen LogP contribution in [0.2, 0.25) is 0 Å². The largest absolute Gasteiger partial charge is 0.481 e. The van der Waals surface area contributed by atoms with Crippen LogP contribution in [0.1, 0.15) is 38.2 Å². The fourth-order valence-electron chi connectivity index (χ4n) is 2.19. The van der Waals surface area contributed by atoms with E-state index in [0.717, 1.165) is 11.5 Å². The van der Waals surface area contributed by atoms with Gasteiger partial charge >= 0.3 is 0 Å². The number of hydrogen-bond donors (Lipinski definition) is 1. The Kier molecular flexibility index (Phi) is 4.87. The predicted molar refractivity (Wildman–Crippen MR) is 69.4 cm³/mol. The van der Waals surface area contributed by atoms with E-state index in [2.05, 4.69) is 36.1 Å². The van der Waals surface area contributed by atoms with Crippen LogP contribution in [0.3, 0.4) is 0 Å². The molecule has 0 amide bonds. The molecule has 0 saturated carbocycles. The molecule has 0 bridgehead atoms. The first-order chi connectivity index (χ1) is 7.99. The summed E-state index contributed by atoms with van der Waals surface area (Å²) in [6.07, 6.45) is 0. The number of aromatic nitrogens is 2. The maximum Gasteiger partial charge on any atom is 0.216 e. The van der Waals surface area contributed by atoms with Gasteiger partial charge in [0.2, 0.25) is 5.88 Å². The number of nitrogens with zero attached hydrogens (tertiary/aromatic N) is 2. The molecule has 0 spiro atoms. The highest BCUT2D eigenvalue weighted by Gasteiger charge is 2.24. The van der Waals surface area contributed by atoms with E-state index < -0.39 is 0 Å². The minimum absolute atomic E-state index is 0.357. The second-order valence-corrected chi connectivity index (χ2v) is 4.73. The van der Waals surface area contributed by atoms with Gasteiger partial charge in [0, 0.05) is 18.0 Å². The molecule has 96 valence electrons. The summed E-state index contributed by atoms with van der Waals surface area (Å²) >= 11 is 0. The van der Waals surface area contributed by atoms with Crippen molar-refractivity contribution in [1.29, 1.82) is 0 Å². The highest BCUT2D eigenvalue weighted by atomic mass is 16.5. The Morgan fingerprint density at radius 2 is 1.88 bits per heavy atom. The van der Waals surface area contributed by atoms with Crippen molar-refractivity contribution in [3.05, 3.63) is 17.6 Å². The molecule has 0 fully saturated rings. The number of rotatable bonds is 5. The Balaban J connectivity index is 3.13. The monoisotopic (exact) mass is 237 g/mol. The van der Waals surface area contributed by atoms with Crippen molar-refractivity contribution in [1.82, 2.24) is 15.3 Å². The van der Waals surface area contributed by atoms with E-state index in [-0.39, 0.29) is 0 Å². The summed E-state index contributed by atoms with van der Waals surface area (Å²) in [6.45, 7) is 8.49. The van der Waals surface area contributed by atoms with Crippen molar-refractivity contribution in [2.45, 2.75) is 39.7 Å². The molecule has 0 radical (unpaired) electrons. The second-order valence-electron chi connectivity index (χ2n) is 4.73. The molecule has 4 heteroatoms. The normalized spacial score (nSPS) is 14.8. The number of hydrogen-bond acceptors (Lipinski definition) is 4. The summed E-state index contributed by atoms with van der Waals surface area (Å²) < 4.78 is 5.21. The van der Waals surface area contributed by atoms with E-state index in [9.17, 15) is 0 Å². The highest BCUT2D eigenvalue weighted by Crippen LogP contribution is 2.28. The predicted octanol–water partition coefficient (Wildman–Crippen LogP) is 2.14. The van der Waals surface area contributed by atoms with E-state index in [1.165, 1.54) is 0 Å². The molecule has 2 unspecified atom stereocenters. The average Bonchev–Trinajstić information content (AvgIpc) is 2.27. The molecule has 1 heterocycles. The van der Waals surface area contributed by atoms with Crippen LogP contribution in [0.15, 0.2) is 6.07 Å². The number of methoxy groups -OCH3 is 1. The molecule has 17 heavy (non-hydrogen) atoms. The zero-order chi connectivity index (χ0) is 13.0. The Morgan fingerprint density at radius 1 is 1.24 bits per heavy atom. The maximum absolute atomic E-state index is 5.21. The molecular weight excluding hydrogens is 214 g/mol. The smallest absolute Gasteiger partial charge is 0.216 e. The summed E-state index contributed by atoms with van der Waals surface area (Å²) in [5.74, 6) is 2.27. The lowest BCUT2D eigenvalue weighted by molar-refractivity contribution is 0.373. The fourth-order valence-corrected chi connectivity index (χ4v) is 2.19. The maximum atomic E-state index is 5.21. The van der Waals surface area contributed by atoms with Gasteiger partial charge in [0.05, 0.1) is 12.8 Å². The Hall–Kier alpha value is -1.16. The van der Waals surface area contributed by atoms with Gasteiger partial charge in [0.1, 0.15) is 5.82 Å². The van der Waals surface area contributed by atoms with Gasteiger partial charge in [0.15, 0.2) is 0 Å². The first-order valence-electron chi connectivity index (χ1n) is 6.06. The Bertz CT molecular complexity index is 366. The van der Waals surface area contributed by atoms with Crippen molar-refractivity contribution in [3.63, 3.8) is 0 Å². The Morgan fingerprint density at radius 3 is 2.35 bits per heavy atom. The second kappa shape index (κ2) is 5.96. The minimum atomic E-state index is 0.357. The van der Waals surface area contributed by atoms with E-state index in [1.807, 2.05) is 20.0 Å². The molecule has 4 nitrogen and oxygen atoms in total. The lowest BCUT2D eigenvalue weighted by atomic mass is 9.86. The third-order valence-corrected chi connectivity index (χ3v) is 3.10. The van der Waals surface area contributed by atoms with Gasteiger partial charge in [-0.15, -0.1) is 0 Å². The number of nitrogens with one attached hydrogen (secondary N) is 1. The van der Waals surface area contributed by atoms with Crippen molar-refractivity contribution in [2.24, 2.45) is 5.92 Å². The van der Waals surface area contributed by atoms with Crippen LogP contribution in [0.25, 0.3) is 0 Å². The van der Waals surface area contributed by atoms with Crippen molar-refractivity contribution >= 4 is 0 Å². The quantitative estimate of drug-likeness (QED) is 0.852. The molecule has 0 saturated heterocycles. The summed E-state index contributed by atoms with van der Waals surface area (Å²) in [5.41, 5.74) is 1.05. The molecule has 1 N–H and O–H groups in total. The van der Waals surface area contributed by atoms with E-state index in [4.69, 9.17) is 4.74 Å². The van der Waals surface area contributed by atoms with Crippen LogP contribution in [0, 0.1) is 12.8 Å². The summed E-state index contributed by atoms with van der Waals surface area (Å²) in [5, 5.41) is 3.30. The standard InChI is InChI=1S/C13H23N3O/c1-8(2)13(9(3)14-5)11-7-12(17-6)16-10(4)15-11/h7-9,13-14H,1-6H3. The minimum Gasteiger partial charge on any atom is -0.481 e. The topological polar surface area (TPSA) is 47.0 Å². The van der Waals surface area contributed by atoms with Crippen LogP contribution in [-0.4, -0.2) is 30.2 Å². The zero-order valence-electron chi connectivity index (χ0n) is 11.6. The zero-order valence-corrected chi connectivity index (χ0v) is 11.6. The van der Waals surface area contributed by atoms with E-state index in [1.54, 1.807) is 7.11 Å². The summed E-state index contributed by atoms with van der Waals surface area (Å²) in [4.78, 5) is 8.77. The number of aryl methyl sites for hydroxylation is 1. The van der Waals surface area contributed by atoms with Gasteiger partial charge in [-0.2, -0.15) is 4.98 Å². The van der Waals surface area contributed by atoms with Crippen molar-refractivity contribution in [3.8, 4) is 5.88 Å². The molecular formula is C13H23N3O. The third kappa shape index (κ3) is 3.40. The van der Waals surface area contributed by atoms with Gasteiger partial charge in [-0.25, -0.2) is 4.98 Å². The number of likely N-dealkylation sites (N-methyl/N-ethyl adjacent to an activating group) is 1. The van der Waals surface area contributed by atoms with Gasteiger partial charge in [-0.3, -0.25) is 0 Å². The van der Waals surface area contributed by atoms with Crippen LogP contribution in [0.5, 0.6) is 5.88 Å². The third-order valence-electron chi connectivity index (χ3n) is 3.10. The van der Waals surface area contributed by atoms with Crippen LogP contribution >= 0.6 is 0 Å². The molecule has 0 aliphatic heterocycles. The first-order valence-corrected chi connectivity index (χ1v) is 6.06. The highest BCUT2D eigenvalue weighted by molar-refractivity contribution is 5.21. The molecule has 0 aliphatic carbocycles. The molecule has 0 aromatic carbocycles. The lowest BCUT2D eigenvalue weighted by Crippen LogP contribution is -2.32. The fraction of sp³-hybridized carbons (Fsp3) is 0.692. The molecule has 0 aliphatic rings. The Labute approximate surface area is 104 Å². The lowest BCUT2D eigenvalue weighted by Gasteiger charge is -2.27. The van der Waals surface area contributed by atoms with E-state index in [0.29, 0.717) is 23.8 Å². The average molecular weight is 237 g/mol. The SMILES string of the molecule is CNC(C)C(c1cc(OC)nc(C)n1)C(C)C. The van der Waals surface area contributed by atoms with Crippen LogP contribution in [0.4, 0.5) is 0 Å². The van der Waals surface area contributed by atoms with Crippen LogP contribution < -0.4 is 10.1 Å². The van der Waals surface area contributed by atoms with Gasteiger partial charge in [-0.05, 0) is 26.8 Å². The van der Waals surface area contributed by atoms with Gasteiger partial charge < -0.3 is 10.1 Å². The summed E-state index contributed by atoms with van der Waals surface area (Å²) in [6, 6.07) is 2.31. The van der Waals surface area contributed by atoms with Crippen molar-refractivity contribution in [2.75, 3.05) is 14.2 Å². The number of ether oxygens (including phenoxy) is 1. The summed E-state index contributed by atoms with van der Waals surface area (Å²) in [7, 11) is 3.61. The van der Waals surface area contributed by atoms with Gasteiger partial charge in [-0.1, -0.05) is 13.8 Å². The first kappa shape index (κ1) is 13.9. The van der Waals surface area contributed by atoms with Gasteiger partial charge in [0.25, 0.3) is 0 Å². The molecule has 1 aromatic heterocycles. The molecule has 1 rings (SSSR count). The van der Waals surface area contributed by atoms with E-state index >= 15 is 0 Å². The molecule has 2 atom stereocenters. The van der Waals surface area contributed by atoms with Crippen LogP contribution in [-0.2, 0) is 0 Å². The van der Waals surface area contributed by atoms with Crippen molar-refractivity contribution < 1.29 is 4.74 Å². The molecule has 1 aromatic rings.